The summed E-state index contributed by atoms with van der Waals surface area (Å²) in [6.07, 6.45) is 10.5. The minimum atomic E-state index is -1.25. The molecule has 21 heavy (non-hydrogen) atoms. The van der Waals surface area contributed by atoms with Crippen molar-refractivity contribution >= 4 is 16.1 Å². The van der Waals surface area contributed by atoms with Gasteiger partial charge in [0, 0.05) is 8.07 Å². The SMILES string of the molecule is C=C[Si](C)(C1CCC(CC)C1)C1CCC(C[Si](C)(C)C)C1. The fraction of sp³-hybridized carbons (Fsp3) is 0.895. The Labute approximate surface area is 135 Å². The summed E-state index contributed by atoms with van der Waals surface area (Å²) in [6.45, 7) is 17.1. The van der Waals surface area contributed by atoms with E-state index < -0.39 is 16.1 Å². The van der Waals surface area contributed by atoms with Crippen LogP contribution in [-0.4, -0.2) is 16.1 Å². The van der Waals surface area contributed by atoms with E-state index in [1.165, 1.54) is 38.5 Å². The summed E-state index contributed by atoms with van der Waals surface area (Å²) in [7, 11) is -2.13. The van der Waals surface area contributed by atoms with E-state index in [2.05, 4.69) is 45.4 Å². The molecule has 2 saturated carbocycles. The molecule has 122 valence electrons. The van der Waals surface area contributed by atoms with Crippen molar-refractivity contribution in [2.45, 2.75) is 95.2 Å². The molecule has 0 amide bonds. The zero-order chi connectivity index (χ0) is 15.7. The molecule has 0 heterocycles. The van der Waals surface area contributed by atoms with E-state index in [0.717, 1.165) is 22.9 Å². The summed E-state index contributed by atoms with van der Waals surface area (Å²) < 4.78 is 0. The lowest BCUT2D eigenvalue weighted by Crippen LogP contribution is -2.38. The standard InChI is InChI=1S/C19H38Si2/c1-7-16-9-11-18(13-16)21(6,8-2)19-12-10-17(14-19)15-20(3,4)5/h8,16-19H,2,7,9-15H2,1,3-6H3. The Morgan fingerprint density at radius 2 is 1.43 bits per heavy atom. The normalized spacial score (nSPS) is 36.6. The lowest BCUT2D eigenvalue weighted by molar-refractivity contribution is 0.528. The first-order valence-electron chi connectivity index (χ1n) is 9.42. The van der Waals surface area contributed by atoms with Crippen LogP contribution in [-0.2, 0) is 0 Å². The Morgan fingerprint density at radius 1 is 0.905 bits per heavy atom. The zero-order valence-corrected chi connectivity index (χ0v) is 17.3. The summed E-state index contributed by atoms with van der Waals surface area (Å²) in [5, 5.41) is 0. The lowest BCUT2D eigenvalue weighted by atomic mass is 10.1. The second-order valence-electron chi connectivity index (χ2n) is 9.50. The minimum absolute atomic E-state index is 0.880. The van der Waals surface area contributed by atoms with Crippen molar-refractivity contribution in [3.05, 3.63) is 12.3 Å². The van der Waals surface area contributed by atoms with E-state index in [1.807, 2.05) is 0 Å². The minimum Gasteiger partial charge on any atom is -0.107 e. The number of rotatable bonds is 6. The number of hydrogen-bond donors (Lipinski definition) is 0. The molecule has 0 aliphatic heterocycles. The molecule has 2 aliphatic rings. The van der Waals surface area contributed by atoms with Crippen LogP contribution in [0.3, 0.4) is 0 Å². The van der Waals surface area contributed by atoms with Crippen LogP contribution >= 0.6 is 0 Å². The van der Waals surface area contributed by atoms with Crippen molar-refractivity contribution in [2.75, 3.05) is 0 Å². The molecule has 5 unspecified atom stereocenters. The Balaban J connectivity index is 2.00. The van der Waals surface area contributed by atoms with Gasteiger partial charge in [-0.05, 0) is 35.8 Å². The van der Waals surface area contributed by atoms with Gasteiger partial charge in [0.15, 0.2) is 0 Å². The van der Waals surface area contributed by atoms with Gasteiger partial charge in [0.25, 0.3) is 0 Å². The summed E-state index contributed by atoms with van der Waals surface area (Å²) in [6, 6.07) is 1.56. The number of hydrogen-bond acceptors (Lipinski definition) is 0. The molecule has 0 spiro atoms. The molecule has 0 radical (unpaired) electrons. The van der Waals surface area contributed by atoms with Gasteiger partial charge in [-0.3, -0.25) is 0 Å². The van der Waals surface area contributed by atoms with E-state index >= 15 is 0 Å². The van der Waals surface area contributed by atoms with E-state index in [-0.39, 0.29) is 0 Å². The second-order valence-corrected chi connectivity index (χ2v) is 19.8. The van der Waals surface area contributed by atoms with Crippen molar-refractivity contribution in [3.8, 4) is 0 Å². The summed E-state index contributed by atoms with van der Waals surface area (Å²) in [5.74, 6) is 2.08. The molecule has 2 heteroatoms. The molecule has 2 aliphatic carbocycles. The van der Waals surface area contributed by atoms with E-state index in [9.17, 15) is 0 Å². The van der Waals surface area contributed by atoms with Crippen molar-refractivity contribution in [1.29, 1.82) is 0 Å². The van der Waals surface area contributed by atoms with Crippen molar-refractivity contribution in [3.63, 3.8) is 0 Å². The highest BCUT2D eigenvalue weighted by molar-refractivity contribution is 6.86. The van der Waals surface area contributed by atoms with Crippen LogP contribution in [0, 0.1) is 11.8 Å². The van der Waals surface area contributed by atoms with Gasteiger partial charge in [0.05, 0.1) is 8.07 Å². The van der Waals surface area contributed by atoms with E-state index in [1.54, 1.807) is 12.5 Å². The van der Waals surface area contributed by atoms with Crippen LogP contribution in [0.1, 0.15) is 51.9 Å². The third kappa shape index (κ3) is 4.13. The first-order chi connectivity index (χ1) is 9.78. The van der Waals surface area contributed by atoms with Crippen LogP contribution in [0.5, 0.6) is 0 Å². The first-order valence-corrected chi connectivity index (χ1v) is 15.9. The summed E-state index contributed by atoms with van der Waals surface area (Å²) in [4.78, 5) is 0. The third-order valence-electron chi connectivity index (χ3n) is 6.76. The molecule has 0 aromatic rings. The molecule has 0 saturated heterocycles. The largest absolute Gasteiger partial charge is 0.107 e. The maximum Gasteiger partial charge on any atom is 0.0801 e. The topological polar surface area (TPSA) is 0 Å². The van der Waals surface area contributed by atoms with Gasteiger partial charge >= 0.3 is 0 Å². The average Bonchev–Trinajstić information content (AvgIpc) is 3.05. The molecule has 0 nitrogen and oxygen atoms in total. The predicted octanol–water partition coefficient (Wildman–Crippen LogP) is 6.88. The fourth-order valence-electron chi connectivity index (χ4n) is 5.37. The Bertz CT molecular complexity index is 357. The van der Waals surface area contributed by atoms with E-state index in [4.69, 9.17) is 0 Å². The van der Waals surface area contributed by atoms with Crippen molar-refractivity contribution in [1.82, 2.24) is 0 Å². The molecule has 0 aromatic heterocycles. The highest BCUT2D eigenvalue weighted by atomic mass is 28.3. The Hall–Kier alpha value is 0.174. The highest BCUT2D eigenvalue weighted by Gasteiger charge is 2.46. The predicted molar refractivity (Wildman–Crippen MR) is 102 cm³/mol. The van der Waals surface area contributed by atoms with Gasteiger partial charge in [-0.15, -0.1) is 12.3 Å². The quantitative estimate of drug-likeness (QED) is 0.467. The van der Waals surface area contributed by atoms with Gasteiger partial charge in [-0.2, -0.15) is 0 Å². The zero-order valence-electron chi connectivity index (χ0n) is 15.3. The third-order valence-corrected chi connectivity index (χ3v) is 14.0. The first kappa shape index (κ1) is 17.5. The molecule has 2 fully saturated rings. The Morgan fingerprint density at radius 3 is 1.86 bits per heavy atom. The molecule has 2 rings (SSSR count). The highest BCUT2D eigenvalue weighted by Crippen LogP contribution is 2.54. The second kappa shape index (κ2) is 6.74. The van der Waals surface area contributed by atoms with Gasteiger partial charge in [0.2, 0.25) is 0 Å². The molecule has 5 atom stereocenters. The monoisotopic (exact) mass is 322 g/mol. The van der Waals surface area contributed by atoms with Crippen LogP contribution in [0.25, 0.3) is 0 Å². The maximum atomic E-state index is 4.34. The smallest absolute Gasteiger partial charge is 0.0801 e. The van der Waals surface area contributed by atoms with Crippen LogP contribution in [0.4, 0.5) is 0 Å². The lowest BCUT2D eigenvalue weighted by Gasteiger charge is -2.37. The molecular weight excluding hydrogens is 284 g/mol. The van der Waals surface area contributed by atoms with Crippen molar-refractivity contribution < 1.29 is 0 Å². The summed E-state index contributed by atoms with van der Waals surface area (Å²) >= 11 is 0. The van der Waals surface area contributed by atoms with Gasteiger partial charge in [0.1, 0.15) is 0 Å². The molecular formula is C19H38Si2. The Kier molecular flexibility index (Phi) is 5.62. The van der Waals surface area contributed by atoms with Crippen LogP contribution < -0.4 is 0 Å². The molecule has 0 N–H and O–H groups in total. The van der Waals surface area contributed by atoms with Crippen LogP contribution in [0.15, 0.2) is 12.3 Å². The fourth-order valence-corrected chi connectivity index (χ4v) is 12.1. The van der Waals surface area contributed by atoms with Crippen molar-refractivity contribution in [2.24, 2.45) is 11.8 Å². The van der Waals surface area contributed by atoms with Crippen LogP contribution in [0.2, 0.25) is 43.3 Å². The molecule has 0 bridgehead atoms. The van der Waals surface area contributed by atoms with E-state index in [0.29, 0.717) is 0 Å². The maximum absolute atomic E-state index is 4.34. The van der Waals surface area contributed by atoms with Gasteiger partial charge in [-0.1, -0.05) is 71.3 Å². The average molecular weight is 323 g/mol. The summed E-state index contributed by atoms with van der Waals surface area (Å²) in [5.41, 5.74) is 4.60. The van der Waals surface area contributed by atoms with Gasteiger partial charge in [-0.25, -0.2) is 0 Å². The molecule has 0 aromatic carbocycles. The van der Waals surface area contributed by atoms with Gasteiger partial charge < -0.3 is 0 Å².